The van der Waals surface area contributed by atoms with Crippen LogP contribution in [0.15, 0.2) is 12.4 Å². The van der Waals surface area contributed by atoms with Crippen LogP contribution in [0, 0.1) is 11.3 Å². The van der Waals surface area contributed by atoms with Crippen LogP contribution < -0.4 is 10.6 Å². The lowest BCUT2D eigenvalue weighted by atomic mass is 9.97. The second-order valence-electron chi connectivity index (χ2n) is 4.46. The molecule has 1 unspecified atom stereocenters. The van der Waals surface area contributed by atoms with Crippen LogP contribution in [0.2, 0.25) is 0 Å². The smallest absolute Gasteiger partial charge is 0.132 e. The van der Waals surface area contributed by atoms with Gasteiger partial charge in [-0.25, -0.2) is 9.97 Å². The molecule has 1 fully saturated rings. The summed E-state index contributed by atoms with van der Waals surface area (Å²) in [5.41, 5.74) is 6.64. The summed E-state index contributed by atoms with van der Waals surface area (Å²) in [6.45, 7) is 3.88. The Kier molecular flexibility index (Phi) is 3.56. The maximum atomic E-state index is 7.54. The van der Waals surface area contributed by atoms with E-state index in [2.05, 4.69) is 21.8 Å². The van der Waals surface area contributed by atoms with E-state index in [9.17, 15) is 0 Å². The molecule has 0 bridgehead atoms. The third-order valence-electron chi connectivity index (χ3n) is 3.26. The number of nitrogens with one attached hydrogen (secondary N) is 1. The first kappa shape index (κ1) is 11.8. The van der Waals surface area contributed by atoms with Crippen molar-refractivity contribution in [2.75, 3.05) is 18.0 Å². The fourth-order valence-corrected chi connectivity index (χ4v) is 2.19. The molecule has 0 aliphatic carbocycles. The van der Waals surface area contributed by atoms with Crippen molar-refractivity contribution in [3.8, 4) is 0 Å². The average molecular weight is 233 g/mol. The van der Waals surface area contributed by atoms with Gasteiger partial charge in [-0.1, -0.05) is 6.92 Å². The molecule has 2 rings (SSSR count). The topological polar surface area (TPSA) is 78.9 Å². The van der Waals surface area contributed by atoms with Gasteiger partial charge < -0.3 is 10.6 Å². The standard InChI is InChI=1S/C12H19N5/c1-2-10-6-11(16-8-15-10)17-5-3-4-9(7-17)12(13)14/h6,8-9H,2-5,7H2,1H3,(H3,13,14). The highest BCUT2D eigenvalue weighted by molar-refractivity contribution is 5.80. The van der Waals surface area contributed by atoms with Gasteiger partial charge in [0.15, 0.2) is 0 Å². The van der Waals surface area contributed by atoms with Crippen LogP contribution in [0.25, 0.3) is 0 Å². The molecule has 3 N–H and O–H groups in total. The minimum absolute atomic E-state index is 0.170. The van der Waals surface area contributed by atoms with E-state index < -0.39 is 0 Å². The Morgan fingerprint density at radius 1 is 1.59 bits per heavy atom. The highest BCUT2D eigenvalue weighted by atomic mass is 15.2. The Labute approximate surface area is 102 Å². The first-order chi connectivity index (χ1) is 8.20. The number of nitrogens with zero attached hydrogens (tertiary/aromatic N) is 3. The second-order valence-corrected chi connectivity index (χ2v) is 4.46. The van der Waals surface area contributed by atoms with Crippen LogP contribution >= 0.6 is 0 Å². The number of rotatable bonds is 3. The summed E-state index contributed by atoms with van der Waals surface area (Å²) in [4.78, 5) is 10.7. The van der Waals surface area contributed by atoms with Crippen LogP contribution in [0.3, 0.4) is 0 Å². The van der Waals surface area contributed by atoms with Crippen molar-refractivity contribution in [3.05, 3.63) is 18.1 Å². The summed E-state index contributed by atoms with van der Waals surface area (Å²) in [7, 11) is 0. The molecule has 1 aliphatic rings. The lowest BCUT2D eigenvalue weighted by Crippen LogP contribution is -2.41. The number of aryl methyl sites for hydroxylation is 1. The first-order valence-electron chi connectivity index (χ1n) is 6.10. The molecule has 92 valence electrons. The molecule has 17 heavy (non-hydrogen) atoms. The molecule has 0 spiro atoms. The van der Waals surface area contributed by atoms with E-state index in [0.717, 1.165) is 43.9 Å². The lowest BCUT2D eigenvalue weighted by Gasteiger charge is -2.33. The van der Waals surface area contributed by atoms with Gasteiger partial charge in [-0.05, 0) is 19.3 Å². The number of hydrogen-bond donors (Lipinski definition) is 2. The molecule has 0 saturated carbocycles. The van der Waals surface area contributed by atoms with Crippen LogP contribution in [-0.4, -0.2) is 28.9 Å². The van der Waals surface area contributed by atoms with Gasteiger partial charge in [0.2, 0.25) is 0 Å². The average Bonchev–Trinajstić information content (AvgIpc) is 2.39. The lowest BCUT2D eigenvalue weighted by molar-refractivity contribution is 0.500. The maximum Gasteiger partial charge on any atom is 0.132 e. The van der Waals surface area contributed by atoms with Gasteiger partial charge in [0.1, 0.15) is 12.1 Å². The van der Waals surface area contributed by atoms with Gasteiger partial charge in [0.25, 0.3) is 0 Å². The number of nitrogens with two attached hydrogens (primary N) is 1. The van der Waals surface area contributed by atoms with Crippen molar-refractivity contribution in [3.63, 3.8) is 0 Å². The maximum absolute atomic E-state index is 7.54. The molecule has 1 atom stereocenters. The summed E-state index contributed by atoms with van der Waals surface area (Å²) < 4.78 is 0. The quantitative estimate of drug-likeness (QED) is 0.607. The predicted octanol–water partition coefficient (Wildman–Crippen LogP) is 1.19. The van der Waals surface area contributed by atoms with E-state index in [4.69, 9.17) is 11.1 Å². The fourth-order valence-electron chi connectivity index (χ4n) is 2.19. The Morgan fingerprint density at radius 3 is 3.12 bits per heavy atom. The van der Waals surface area contributed by atoms with Crippen molar-refractivity contribution in [2.24, 2.45) is 11.7 Å². The van der Waals surface area contributed by atoms with Gasteiger partial charge in [0.05, 0.1) is 5.84 Å². The van der Waals surface area contributed by atoms with Gasteiger partial charge in [0, 0.05) is 30.8 Å². The predicted molar refractivity (Wildman–Crippen MR) is 68.3 cm³/mol. The summed E-state index contributed by atoms with van der Waals surface area (Å²) in [5.74, 6) is 1.42. The molecule has 1 aliphatic heterocycles. The van der Waals surface area contributed by atoms with Crippen molar-refractivity contribution >= 4 is 11.7 Å². The Morgan fingerprint density at radius 2 is 2.41 bits per heavy atom. The van der Waals surface area contributed by atoms with Crippen molar-refractivity contribution in [1.29, 1.82) is 5.41 Å². The van der Waals surface area contributed by atoms with Crippen LogP contribution in [0.1, 0.15) is 25.5 Å². The third kappa shape index (κ3) is 2.72. The second kappa shape index (κ2) is 5.12. The van der Waals surface area contributed by atoms with Gasteiger partial charge in [-0.15, -0.1) is 0 Å². The number of aromatic nitrogens is 2. The van der Waals surface area contributed by atoms with Crippen molar-refractivity contribution in [1.82, 2.24) is 9.97 Å². The van der Waals surface area contributed by atoms with Crippen molar-refractivity contribution < 1.29 is 0 Å². The highest BCUT2D eigenvalue weighted by Gasteiger charge is 2.22. The van der Waals surface area contributed by atoms with Crippen LogP contribution in [-0.2, 0) is 6.42 Å². The molecule has 0 aromatic carbocycles. The number of amidine groups is 1. The number of hydrogen-bond acceptors (Lipinski definition) is 4. The largest absolute Gasteiger partial charge is 0.387 e. The van der Waals surface area contributed by atoms with E-state index in [0.29, 0.717) is 5.84 Å². The molecular weight excluding hydrogens is 214 g/mol. The molecule has 2 heterocycles. The SMILES string of the molecule is CCc1cc(N2CCCC(C(=N)N)C2)ncn1. The first-order valence-corrected chi connectivity index (χ1v) is 6.10. The summed E-state index contributed by atoms with van der Waals surface area (Å²) in [6, 6.07) is 2.03. The van der Waals surface area contributed by atoms with E-state index in [1.54, 1.807) is 6.33 Å². The van der Waals surface area contributed by atoms with E-state index in [-0.39, 0.29) is 5.92 Å². The molecule has 1 saturated heterocycles. The molecular formula is C12H19N5. The molecule has 0 radical (unpaired) electrons. The Hall–Kier alpha value is -1.65. The normalized spacial score (nSPS) is 20.3. The zero-order chi connectivity index (χ0) is 12.3. The number of anilines is 1. The zero-order valence-electron chi connectivity index (χ0n) is 10.2. The van der Waals surface area contributed by atoms with Gasteiger partial charge >= 0.3 is 0 Å². The van der Waals surface area contributed by atoms with Gasteiger partial charge in [-0.2, -0.15) is 0 Å². The van der Waals surface area contributed by atoms with Crippen LogP contribution in [0.5, 0.6) is 0 Å². The fraction of sp³-hybridized carbons (Fsp3) is 0.583. The molecule has 1 aromatic rings. The third-order valence-corrected chi connectivity index (χ3v) is 3.26. The monoisotopic (exact) mass is 233 g/mol. The van der Waals surface area contributed by atoms with Crippen molar-refractivity contribution in [2.45, 2.75) is 26.2 Å². The summed E-state index contributed by atoms with van der Waals surface area (Å²) >= 11 is 0. The molecule has 1 aromatic heterocycles. The van der Waals surface area contributed by atoms with Crippen LogP contribution in [0.4, 0.5) is 5.82 Å². The van der Waals surface area contributed by atoms with E-state index >= 15 is 0 Å². The minimum atomic E-state index is 0.170. The summed E-state index contributed by atoms with van der Waals surface area (Å²) in [6.07, 6.45) is 4.61. The molecule has 5 nitrogen and oxygen atoms in total. The van der Waals surface area contributed by atoms with E-state index in [1.165, 1.54) is 0 Å². The highest BCUT2D eigenvalue weighted by Crippen LogP contribution is 2.21. The summed E-state index contributed by atoms with van der Waals surface area (Å²) in [5, 5.41) is 7.54. The van der Waals surface area contributed by atoms with E-state index in [1.807, 2.05) is 6.07 Å². The Balaban J connectivity index is 2.13. The minimum Gasteiger partial charge on any atom is -0.387 e. The zero-order valence-corrected chi connectivity index (χ0v) is 10.2. The van der Waals surface area contributed by atoms with Gasteiger partial charge in [-0.3, -0.25) is 5.41 Å². The molecule has 5 heteroatoms. The molecule has 0 amide bonds. The number of piperidine rings is 1. The Bertz CT molecular complexity index is 404.